The van der Waals surface area contributed by atoms with Gasteiger partial charge in [-0.15, -0.1) is 0 Å². The van der Waals surface area contributed by atoms with Crippen LogP contribution in [0, 0.1) is 13.8 Å². The van der Waals surface area contributed by atoms with Crippen LogP contribution in [0.5, 0.6) is 5.75 Å². The maximum absolute atomic E-state index is 12.7. The molecule has 0 saturated carbocycles. The Labute approximate surface area is 184 Å². The first-order valence-electron chi connectivity index (χ1n) is 8.85. The molecule has 0 radical (unpaired) electrons. The second kappa shape index (κ2) is 9.39. The first-order valence-corrected chi connectivity index (χ1v) is 12.6. The van der Waals surface area contributed by atoms with E-state index in [1.807, 2.05) is 26.0 Å². The molecule has 2 aromatic carbocycles. The van der Waals surface area contributed by atoms with Crippen LogP contribution in [0.3, 0.4) is 0 Å². The van der Waals surface area contributed by atoms with Gasteiger partial charge in [0.25, 0.3) is 0 Å². The van der Waals surface area contributed by atoms with Crippen LogP contribution in [0.4, 0.5) is 13.2 Å². The molecule has 0 fully saturated rings. The molecule has 0 saturated heterocycles. The maximum atomic E-state index is 12.7. The van der Waals surface area contributed by atoms with Crippen molar-refractivity contribution in [3.63, 3.8) is 0 Å². The van der Waals surface area contributed by atoms with Gasteiger partial charge in [0, 0.05) is 0 Å². The molecular weight excluding hydrogens is 529 g/mol. The van der Waals surface area contributed by atoms with Gasteiger partial charge in [0.05, 0.1) is 0 Å². The van der Waals surface area contributed by atoms with Gasteiger partial charge in [-0.1, -0.05) is 0 Å². The summed E-state index contributed by atoms with van der Waals surface area (Å²) in [6.45, 7) is 3.45. The van der Waals surface area contributed by atoms with Crippen molar-refractivity contribution in [2.75, 3.05) is 6.61 Å². The molecule has 0 aliphatic heterocycles. The Kier molecular flexibility index (Phi) is 7.09. The van der Waals surface area contributed by atoms with E-state index in [0.29, 0.717) is 5.75 Å². The summed E-state index contributed by atoms with van der Waals surface area (Å²) in [6, 6.07) is 10.9. The molecule has 1 heterocycles. The molecule has 0 aliphatic carbocycles. The van der Waals surface area contributed by atoms with Crippen LogP contribution in [0.2, 0.25) is 0 Å². The van der Waals surface area contributed by atoms with Crippen LogP contribution in [0.15, 0.2) is 42.5 Å². The van der Waals surface area contributed by atoms with E-state index in [1.165, 1.54) is 21.0 Å². The van der Waals surface area contributed by atoms with Crippen molar-refractivity contribution in [3.05, 3.63) is 63.7 Å². The Balaban J connectivity index is 1.68. The summed E-state index contributed by atoms with van der Waals surface area (Å²) < 4.78 is 46.8. The van der Waals surface area contributed by atoms with E-state index in [-0.39, 0.29) is 36.1 Å². The summed E-state index contributed by atoms with van der Waals surface area (Å²) in [4.78, 5) is 15.2. The van der Waals surface area contributed by atoms with E-state index < -0.39 is 17.7 Å². The van der Waals surface area contributed by atoms with E-state index >= 15 is 0 Å². The normalized spacial score (nSPS) is 11.5. The van der Waals surface area contributed by atoms with Gasteiger partial charge < -0.3 is 0 Å². The van der Waals surface area contributed by atoms with Gasteiger partial charge in [-0.3, -0.25) is 0 Å². The summed E-state index contributed by atoms with van der Waals surface area (Å²) in [5, 5.41) is 9.59. The van der Waals surface area contributed by atoms with Gasteiger partial charge in [-0.2, -0.15) is 0 Å². The van der Waals surface area contributed by atoms with Crippen molar-refractivity contribution in [3.8, 4) is 15.9 Å². The Morgan fingerprint density at radius 1 is 1.17 bits per heavy atom. The molecule has 3 rings (SSSR count). The number of rotatable bonds is 7. The molecule has 9 heteroatoms. The van der Waals surface area contributed by atoms with Crippen molar-refractivity contribution in [1.82, 2.24) is 4.98 Å². The van der Waals surface area contributed by atoms with Crippen LogP contribution >= 0.6 is 0 Å². The Morgan fingerprint density at radius 2 is 1.87 bits per heavy atom. The number of ether oxygens (including phenoxy) is 1. The van der Waals surface area contributed by atoms with E-state index in [4.69, 9.17) is 9.84 Å². The number of halogens is 3. The minimum absolute atomic E-state index is 0.00876. The molecule has 30 heavy (non-hydrogen) atoms. The predicted octanol–water partition coefficient (Wildman–Crippen LogP) is 3.43. The zero-order chi connectivity index (χ0) is 21.9. The van der Waals surface area contributed by atoms with Crippen LogP contribution in [-0.2, 0) is 16.3 Å². The summed E-state index contributed by atoms with van der Waals surface area (Å²) in [7, 11) is 0. The first kappa shape index (κ1) is 22.6. The molecule has 1 N–H and O–H groups in total. The number of hydrogen-bond acceptors (Lipinski definition) is 3. The molecule has 0 amide bonds. The summed E-state index contributed by atoms with van der Waals surface area (Å²) in [5.41, 5.74) is 1.92. The van der Waals surface area contributed by atoms with E-state index in [1.54, 1.807) is 6.07 Å². The minimum atomic E-state index is -4.34. The zero-order valence-corrected chi connectivity index (χ0v) is 19.5. The van der Waals surface area contributed by atoms with Crippen molar-refractivity contribution in [1.29, 1.82) is 0 Å². The quantitative estimate of drug-likeness (QED) is 0.461. The van der Waals surface area contributed by atoms with E-state index in [2.05, 4.69) is 4.98 Å². The Bertz CT molecular complexity index is 1050. The molecule has 0 spiro atoms. The van der Waals surface area contributed by atoms with Gasteiger partial charge in [0.2, 0.25) is 0 Å². The third kappa shape index (κ3) is 5.76. The first-order chi connectivity index (χ1) is 14.1. The fourth-order valence-electron chi connectivity index (χ4n) is 2.65. The molecule has 1 aromatic heterocycles. The van der Waals surface area contributed by atoms with E-state index in [9.17, 15) is 18.0 Å². The average Bonchev–Trinajstić information content (AvgIpc) is 3.05. The van der Waals surface area contributed by atoms with Crippen molar-refractivity contribution >= 4 is 39.9 Å². The number of carboxylic acid groups (broad SMARTS) is 1. The van der Waals surface area contributed by atoms with Crippen LogP contribution in [0.25, 0.3) is 10.1 Å². The monoisotopic (exact) mass is 549 g/mol. The number of aromatic nitrogens is 1. The van der Waals surface area contributed by atoms with Crippen LogP contribution in [0.1, 0.15) is 21.3 Å². The van der Waals surface area contributed by atoms with Crippen LogP contribution < -0.4 is 9.20 Å². The molecule has 0 bridgehead atoms. The number of benzene rings is 2. The number of hydrogen-bond donors (Lipinski definition) is 1. The third-order valence-electron chi connectivity index (χ3n) is 4.22. The fraction of sp³-hybridized carbons (Fsp3) is 0.238. The van der Waals surface area contributed by atoms with Crippen molar-refractivity contribution < 1.29 is 27.8 Å². The SMILES string of the molecule is Cc1cc([Se]Cc2[se]c(-c3ccc(C(F)(F)F)cc3)nc2C)ccc1OCC(=O)O. The second-order valence-corrected chi connectivity index (χ2v) is 11.0. The summed E-state index contributed by atoms with van der Waals surface area (Å²) in [6.07, 6.45) is -4.34. The van der Waals surface area contributed by atoms with Gasteiger partial charge >= 0.3 is 184 Å². The number of carboxylic acids is 1. The predicted molar refractivity (Wildman–Crippen MR) is 110 cm³/mol. The molecule has 0 atom stereocenters. The zero-order valence-electron chi connectivity index (χ0n) is 16.1. The topological polar surface area (TPSA) is 59.4 Å². The second-order valence-electron chi connectivity index (χ2n) is 6.50. The Hall–Kier alpha value is -2.05. The average molecular weight is 547 g/mol. The number of nitrogens with zero attached hydrogens (tertiary/aromatic N) is 1. The molecule has 4 nitrogen and oxygen atoms in total. The molecule has 3 aromatic rings. The standard InChI is InChI=1S/C21H18F3NO3Se2/c1-12-9-16(7-8-17(12)28-10-19(26)27)29-11-18-13(2)25-20(30-18)14-3-5-15(6-4-14)21(22,23)24/h3-9H,10-11H2,1-2H3,(H,26,27). The number of carbonyl (C=O) groups is 1. The van der Waals surface area contributed by atoms with Gasteiger partial charge in [0.1, 0.15) is 0 Å². The third-order valence-corrected chi connectivity index (χ3v) is 9.82. The summed E-state index contributed by atoms with van der Waals surface area (Å²) in [5.74, 6) is -0.456. The fourth-order valence-corrected chi connectivity index (χ4v) is 7.82. The van der Waals surface area contributed by atoms with E-state index in [0.717, 1.165) is 38.8 Å². The van der Waals surface area contributed by atoms with Crippen molar-refractivity contribution in [2.45, 2.75) is 25.3 Å². The molecular formula is C21H18F3NO3Se2. The number of alkyl halides is 3. The number of aliphatic carboxylic acids is 1. The van der Waals surface area contributed by atoms with Gasteiger partial charge in [-0.25, -0.2) is 0 Å². The Morgan fingerprint density at radius 3 is 2.47 bits per heavy atom. The molecule has 158 valence electrons. The van der Waals surface area contributed by atoms with Crippen molar-refractivity contribution in [2.24, 2.45) is 0 Å². The van der Waals surface area contributed by atoms with Gasteiger partial charge in [-0.05, 0) is 0 Å². The molecule has 0 aliphatic rings. The molecule has 0 unspecified atom stereocenters. The summed E-state index contributed by atoms with van der Waals surface area (Å²) >= 11 is 0.157. The van der Waals surface area contributed by atoms with Crippen LogP contribution in [-0.4, -0.2) is 52.1 Å². The number of aryl methyl sites for hydroxylation is 2. The van der Waals surface area contributed by atoms with Gasteiger partial charge in [0.15, 0.2) is 0 Å².